The van der Waals surface area contributed by atoms with Gasteiger partial charge in [0.15, 0.2) is 0 Å². The lowest BCUT2D eigenvalue weighted by molar-refractivity contribution is -0.134. The van der Waals surface area contributed by atoms with E-state index in [4.69, 9.17) is 4.74 Å². The highest BCUT2D eigenvalue weighted by atomic mass is 32.2. The molecule has 1 amide bonds. The van der Waals surface area contributed by atoms with Crippen LogP contribution in [0.4, 0.5) is 5.69 Å². The molecule has 0 spiro atoms. The average Bonchev–Trinajstić information content (AvgIpc) is 3.48. The van der Waals surface area contributed by atoms with Crippen LogP contribution in [0.1, 0.15) is 32.3 Å². The minimum absolute atomic E-state index is 0.0550. The molecular weight excluding hydrogens is 418 g/mol. The lowest BCUT2D eigenvalue weighted by Crippen LogP contribution is -2.47. The van der Waals surface area contributed by atoms with Crippen LogP contribution in [0.25, 0.3) is 0 Å². The number of nitrogens with zero attached hydrogens (tertiary/aromatic N) is 2. The van der Waals surface area contributed by atoms with Crippen molar-refractivity contribution in [2.45, 2.75) is 45.3 Å². The zero-order valence-corrected chi connectivity index (χ0v) is 19.7. The Labute approximate surface area is 185 Å². The lowest BCUT2D eigenvalue weighted by Gasteiger charge is -2.34. The Morgan fingerprint density at radius 3 is 2.65 bits per heavy atom. The highest BCUT2D eigenvalue weighted by Gasteiger charge is 2.32. The van der Waals surface area contributed by atoms with E-state index in [9.17, 15) is 18.3 Å². The molecule has 2 aliphatic rings. The van der Waals surface area contributed by atoms with E-state index < -0.39 is 10.0 Å². The molecule has 0 bridgehead atoms. The average molecular weight is 454 g/mol. The third kappa shape index (κ3) is 6.82. The number of hydrogen-bond donors (Lipinski definition) is 2. The standard InChI is InChI=1S/C22H35N3O5S/c1-15-11-25(16(2)14-26)22(27)10-18-9-19(23-31(4,28)29)7-8-20(18)30-21(15)13-24(3)12-17-5-6-17/h7-9,15-17,21,23,26H,5-6,10-14H2,1-4H3/t15-,16-,21+/m1/s1. The molecule has 0 saturated heterocycles. The first-order chi connectivity index (χ1) is 14.6. The van der Waals surface area contributed by atoms with Gasteiger partial charge < -0.3 is 19.6 Å². The van der Waals surface area contributed by atoms with E-state index in [-0.39, 0.29) is 37.0 Å². The molecular formula is C22H35N3O5S. The molecule has 1 heterocycles. The number of likely N-dealkylation sites (N-methyl/N-ethyl adjacent to an activating group) is 1. The maximum absolute atomic E-state index is 13.1. The molecule has 0 radical (unpaired) electrons. The third-order valence-electron chi connectivity index (χ3n) is 5.98. The summed E-state index contributed by atoms with van der Waals surface area (Å²) in [5.74, 6) is 1.31. The van der Waals surface area contributed by atoms with Crippen LogP contribution in [0, 0.1) is 11.8 Å². The summed E-state index contributed by atoms with van der Waals surface area (Å²) >= 11 is 0. The van der Waals surface area contributed by atoms with Crippen molar-refractivity contribution in [3.63, 3.8) is 0 Å². The summed E-state index contributed by atoms with van der Waals surface area (Å²) in [4.78, 5) is 17.1. The number of carbonyl (C=O) groups is 1. The largest absolute Gasteiger partial charge is 0.488 e. The highest BCUT2D eigenvalue weighted by molar-refractivity contribution is 7.92. The Morgan fingerprint density at radius 1 is 1.32 bits per heavy atom. The highest BCUT2D eigenvalue weighted by Crippen LogP contribution is 2.31. The Bertz CT molecular complexity index is 887. The molecule has 1 fully saturated rings. The Balaban J connectivity index is 1.91. The van der Waals surface area contributed by atoms with E-state index in [0.717, 1.165) is 25.3 Å². The predicted molar refractivity (Wildman–Crippen MR) is 121 cm³/mol. The monoisotopic (exact) mass is 453 g/mol. The first-order valence-corrected chi connectivity index (χ1v) is 12.8. The summed E-state index contributed by atoms with van der Waals surface area (Å²) in [6.45, 7) is 6.05. The first-order valence-electron chi connectivity index (χ1n) is 10.9. The van der Waals surface area contributed by atoms with Crippen molar-refractivity contribution in [1.82, 2.24) is 9.80 Å². The topological polar surface area (TPSA) is 99.2 Å². The fourth-order valence-corrected chi connectivity index (χ4v) is 4.60. The SMILES string of the molecule is C[C@@H]1CN([C@H](C)CO)C(=O)Cc2cc(NS(C)(=O)=O)ccc2O[C@H]1CN(C)CC1CC1. The molecule has 0 aromatic heterocycles. The zero-order chi connectivity index (χ0) is 22.8. The van der Waals surface area contributed by atoms with E-state index in [1.54, 1.807) is 23.1 Å². The van der Waals surface area contributed by atoms with Gasteiger partial charge in [0.1, 0.15) is 11.9 Å². The Hall–Kier alpha value is -1.84. The number of anilines is 1. The molecule has 31 heavy (non-hydrogen) atoms. The Kier molecular flexibility index (Phi) is 7.49. The van der Waals surface area contributed by atoms with Crippen LogP contribution in [-0.2, 0) is 21.2 Å². The molecule has 9 heteroatoms. The van der Waals surface area contributed by atoms with Crippen LogP contribution in [0.3, 0.4) is 0 Å². The number of nitrogens with one attached hydrogen (secondary N) is 1. The van der Waals surface area contributed by atoms with Gasteiger partial charge in [-0.1, -0.05) is 6.92 Å². The number of rotatable bonds is 8. The van der Waals surface area contributed by atoms with E-state index in [1.807, 2.05) is 6.92 Å². The summed E-state index contributed by atoms with van der Waals surface area (Å²) in [6.07, 6.45) is 3.59. The van der Waals surface area contributed by atoms with Gasteiger partial charge in [0, 0.05) is 36.8 Å². The van der Waals surface area contributed by atoms with Gasteiger partial charge in [0.05, 0.1) is 25.3 Å². The maximum Gasteiger partial charge on any atom is 0.229 e. The van der Waals surface area contributed by atoms with Crippen molar-refractivity contribution in [3.05, 3.63) is 23.8 Å². The van der Waals surface area contributed by atoms with Gasteiger partial charge in [-0.3, -0.25) is 9.52 Å². The minimum Gasteiger partial charge on any atom is -0.488 e. The summed E-state index contributed by atoms with van der Waals surface area (Å²) in [6, 6.07) is 4.75. The molecule has 174 valence electrons. The second-order valence-electron chi connectivity index (χ2n) is 9.25. The second-order valence-corrected chi connectivity index (χ2v) is 11.0. The predicted octanol–water partition coefficient (Wildman–Crippen LogP) is 1.55. The van der Waals surface area contributed by atoms with Crippen molar-refractivity contribution < 1.29 is 23.1 Å². The molecule has 3 rings (SSSR count). The van der Waals surface area contributed by atoms with Crippen molar-refractivity contribution in [2.24, 2.45) is 11.8 Å². The van der Waals surface area contributed by atoms with Crippen molar-refractivity contribution in [1.29, 1.82) is 0 Å². The maximum atomic E-state index is 13.1. The number of ether oxygens (including phenoxy) is 1. The van der Waals surface area contributed by atoms with E-state index in [2.05, 4.69) is 23.6 Å². The number of aliphatic hydroxyl groups is 1. The molecule has 1 aromatic rings. The van der Waals surface area contributed by atoms with Gasteiger partial charge in [-0.25, -0.2) is 8.42 Å². The van der Waals surface area contributed by atoms with Crippen LogP contribution in [-0.4, -0.2) is 80.9 Å². The molecule has 1 saturated carbocycles. The quantitative estimate of drug-likeness (QED) is 0.620. The van der Waals surface area contributed by atoms with Gasteiger partial charge in [0.25, 0.3) is 0 Å². The van der Waals surface area contributed by atoms with Crippen LogP contribution in [0.15, 0.2) is 18.2 Å². The molecule has 2 N–H and O–H groups in total. The van der Waals surface area contributed by atoms with Crippen LogP contribution < -0.4 is 9.46 Å². The molecule has 1 aliphatic carbocycles. The molecule has 1 aromatic carbocycles. The van der Waals surface area contributed by atoms with Crippen molar-refractivity contribution in [2.75, 3.05) is 44.3 Å². The summed E-state index contributed by atoms with van der Waals surface area (Å²) in [5, 5.41) is 9.70. The van der Waals surface area contributed by atoms with Gasteiger partial charge >= 0.3 is 0 Å². The van der Waals surface area contributed by atoms with Gasteiger partial charge in [-0.15, -0.1) is 0 Å². The van der Waals surface area contributed by atoms with Gasteiger partial charge in [-0.2, -0.15) is 0 Å². The van der Waals surface area contributed by atoms with Crippen LogP contribution in [0.5, 0.6) is 5.75 Å². The minimum atomic E-state index is -3.44. The van der Waals surface area contributed by atoms with Crippen LogP contribution >= 0.6 is 0 Å². The number of benzene rings is 1. The number of fused-ring (bicyclic) bond motifs is 1. The number of aliphatic hydroxyl groups excluding tert-OH is 1. The number of hydrogen-bond acceptors (Lipinski definition) is 6. The lowest BCUT2D eigenvalue weighted by atomic mass is 10.0. The van der Waals surface area contributed by atoms with Crippen LogP contribution in [0.2, 0.25) is 0 Å². The van der Waals surface area contributed by atoms with E-state index in [0.29, 0.717) is 23.5 Å². The fourth-order valence-electron chi connectivity index (χ4n) is 4.05. The first kappa shape index (κ1) is 23.8. The zero-order valence-electron chi connectivity index (χ0n) is 18.9. The van der Waals surface area contributed by atoms with Crippen molar-refractivity contribution in [3.8, 4) is 5.75 Å². The van der Waals surface area contributed by atoms with E-state index >= 15 is 0 Å². The molecule has 8 nitrogen and oxygen atoms in total. The Morgan fingerprint density at radius 2 is 2.03 bits per heavy atom. The van der Waals surface area contributed by atoms with Gasteiger partial charge in [0.2, 0.25) is 15.9 Å². The van der Waals surface area contributed by atoms with Crippen molar-refractivity contribution >= 4 is 21.6 Å². The second kappa shape index (κ2) is 9.75. The summed E-state index contributed by atoms with van der Waals surface area (Å²) < 4.78 is 32.2. The number of sulfonamides is 1. The third-order valence-corrected chi connectivity index (χ3v) is 6.58. The molecule has 1 aliphatic heterocycles. The molecule has 0 unspecified atom stereocenters. The molecule has 3 atom stereocenters. The van der Waals surface area contributed by atoms with E-state index in [1.165, 1.54) is 12.8 Å². The normalized spacial score (nSPS) is 23.4. The fraction of sp³-hybridized carbons (Fsp3) is 0.682. The number of carbonyl (C=O) groups excluding carboxylic acids is 1. The summed E-state index contributed by atoms with van der Waals surface area (Å²) in [5.41, 5.74) is 1.03. The smallest absolute Gasteiger partial charge is 0.229 e. The van der Waals surface area contributed by atoms with Gasteiger partial charge in [-0.05, 0) is 50.9 Å². The number of amides is 1. The summed E-state index contributed by atoms with van der Waals surface area (Å²) in [7, 11) is -1.34.